The minimum absolute atomic E-state index is 0.243. The van der Waals surface area contributed by atoms with Gasteiger partial charge in [-0.2, -0.15) is 5.10 Å². The Morgan fingerprint density at radius 2 is 1.91 bits per heavy atom. The van der Waals surface area contributed by atoms with Gasteiger partial charge in [-0.15, -0.1) is 0 Å². The molecule has 1 amide bonds. The molecule has 0 saturated heterocycles. The second-order valence-corrected chi connectivity index (χ2v) is 8.62. The second-order valence-electron chi connectivity index (χ2n) is 8.21. The molecule has 33 heavy (non-hydrogen) atoms. The second kappa shape index (κ2) is 9.51. The van der Waals surface area contributed by atoms with Crippen LogP contribution in [0, 0.1) is 0 Å². The smallest absolute Gasteiger partial charge is 0.271 e. The third-order valence-electron chi connectivity index (χ3n) is 5.93. The lowest BCUT2D eigenvalue weighted by Crippen LogP contribution is -2.17. The number of rotatable bonds is 6. The summed E-state index contributed by atoms with van der Waals surface area (Å²) in [6.07, 6.45) is 6.12. The van der Waals surface area contributed by atoms with E-state index >= 15 is 0 Å². The van der Waals surface area contributed by atoms with E-state index < -0.39 is 0 Å². The molecule has 0 fully saturated rings. The Kier molecular flexibility index (Phi) is 6.13. The highest BCUT2D eigenvalue weighted by Crippen LogP contribution is 2.30. The first-order valence-electron chi connectivity index (χ1n) is 11.1. The van der Waals surface area contributed by atoms with Crippen molar-refractivity contribution < 1.29 is 9.53 Å². The van der Waals surface area contributed by atoms with E-state index in [2.05, 4.69) is 15.5 Å². The molecule has 6 heteroatoms. The van der Waals surface area contributed by atoms with Crippen molar-refractivity contribution in [1.82, 2.24) is 10.4 Å². The molecule has 1 aromatic heterocycles. The number of aryl methyl sites for hydroxylation is 2. The number of hydrazone groups is 1. The first-order valence-corrected chi connectivity index (χ1v) is 11.5. The van der Waals surface area contributed by atoms with Gasteiger partial charge in [0.05, 0.1) is 11.2 Å². The Balaban J connectivity index is 1.22. The van der Waals surface area contributed by atoms with Crippen LogP contribution in [0.5, 0.6) is 5.75 Å². The van der Waals surface area contributed by atoms with Gasteiger partial charge in [-0.1, -0.05) is 41.9 Å². The van der Waals surface area contributed by atoms with Gasteiger partial charge in [-0.3, -0.25) is 4.79 Å². The molecule has 0 radical (unpaired) electrons. The standard InChI is InChI=1S/C27H24ClN3O2/c28-23-14-19(10-13-26(23)33-17-18-6-2-1-3-7-18)16-29-31-27(32)20-11-12-25-22(15-20)21-8-4-5-9-24(21)30-25/h1-3,6-7,10-16,30H,4-5,8-9,17H2,(H,31,32)/b29-16-. The van der Waals surface area contributed by atoms with Crippen LogP contribution in [-0.4, -0.2) is 17.1 Å². The average Bonchev–Trinajstić information content (AvgIpc) is 3.22. The van der Waals surface area contributed by atoms with E-state index in [1.165, 1.54) is 24.1 Å². The van der Waals surface area contributed by atoms with E-state index in [0.717, 1.165) is 34.9 Å². The summed E-state index contributed by atoms with van der Waals surface area (Å²) in [5, 5.41) is 5.73. The lowest BCUT2D eigenvalue weighted by atomic mass is 9.95. The number of carbonyl (C=O) groups is 1. The number of nitrogens with zero attached hydrogens (tertiary/aromatic N) is 1. The highest BCUT2D eigenvalue weighted by Gasteiger charge is 2.16. The van der Waals surface area contributed by atoms with Crippen LogP contribution in [0.2, 0.25) is 5.02 Å². The maximum absolute atomic E-state index is 12.6. The summed E-state index contributed by atoms with van der Waals surface area (Å²) in [7, 11) is 0. The number of aromatic nitrogens is 1. The van der Waals surface area contributed by atoms with Crippen LogP contribution in [0.1, 0.15) is 45.6 Å². The number of carbonyl (C=O) groups excluding carboxylic acids is 1. The molecule has 0 bridgehead atoms. The van der Waals surface area contributed by atoms with Crippen molar-refractivity contribution in [1.29, 1.82) is 0 Å². The van der Waals surface area contributed by atoms with Gasteiger partial charge in [0.15, 0.2) is 0 Å². The number of hydrogen-bond donors (Lipinski definition) is 2. The molecule has 166 valence electrons. The number of hydrogen-bond acceptors (Lipinski definition) is 3. The summed E-state index contributed by atoms with van der Waals surface area (Å²) < 4.78 is 5.80. The topological polar surface area (TPSA) is 66.5 Å². The van der Waals surface area contributed by atoms with Gasteiger partial charge in [0.1, 0.15) is 12.4 Å². The molecule has 0 saturated carbocycles. The quantitative estimate of drug-likeness (QED) is 0.273. The van der Waals surface area contributed by atoms with Crippen LogP contribution in [0.15, 0.2) is 71.8 Å². The fourth-order valence-electron chi connectivity index (χ4n) is 4.23. The van der Waals surface area contributed by atoms with E-state index in [4.69, 9.17) is 16.3 Å². The summed E-state index contributed by atoms with van der Waals surface area (Å²) in [5.41, 5.74) is 8.78. The van der Waals surface area contributed by atoms with E-state index in [-0.39, 0.29) is 5.91 Å². The summed E-state index contributed by atoms with van der Waals surface area (Å²) in [6.45, 7) is 0.443. The molecule has 0 aliphatic heterocycles. The maximum Gasteiger partial charge on any atom is 0.271 e. The summed E-state index contributed by atoms with van der Waals surface area (Å²) >= 11 is 6.36. The predicted octanol–water partition coefficient (Wildman–Crippen LogP) is 6.04. The van der Waals surface area contributed by atoms with Crippen molar-refractivity contribution in [2.24, 2.45) is 5.10 Å². The van der Waals surface area contributed by atoms with Gasteiger partial charge >= 0.3 is 0 Å². The van der Waals surface area contributed by atoms with E-state index in [0.29, 0.717) is 22.9 Å². The van der Waals surface area contributed by atoms with Crippen LogP contribution in [0.4, 0.5) is 0 Å². The number of fused-ring (bicyclic) bond motifs is 3. The monoisotopic (exact) mass is 457 g/mol. The van der Waals surface area contributed by atoms with E-state index in [1.807, 2.05) is 54.6 Å². The Hall–Kier alpha value is -3.57. The molecule has 1 aliphatic carbocycles. The van der Waals surface area contributed by atoms with Crippen LogP contribution < -0.4 is 10.2 Å². The average molecular weight is 458 g/mol. The van der Waals surface area contributed by atoms with Gasteiger partial charge in [0, 0.05) is 22.2 Å². The van der Waals surface area contributed by atoms with Crippen molar-refractivity contribution in [2.75, 3.05) is 0 Å². The van der Waals surface area contributed by atoms with Gasteiger partial charge in [0.25, 0.3) is 5.91 Å². The minimum atomic E-state index is -0.243. The molecule has 0 spiro atoms. The summed E-state index contributed by atoms with van der Waals surface area (Å²) in [5.74, 6) is 0.359. The number of benzene rings is 3. The van der Waals surface area contributed by atoms with E-state index in [9.17, 15) is 4.79 Å². The zero-order valence-corrected chi connectivity index (χ0v) is 18.9. The Labute approximate surface area is 197 Å². The lowest BCUT2D eigenvalue weighted by molar-refractivity contribution is 0.0955. The molecule has 0 atom stereocenters. The molecule has 3 aromatic carbocycles. The summed E-state index contributed by atoms with van der Waals surface area (Å²) in [4.78, 5) is 16.1. The largest absolute Gasteiger partial charge is 0.487 e. The third-order valence-corrected chi connectivity index (χ3v) is 6.23. The van der Waals surface area contributed by atoms with Crippen LogP contribution in [0.25, 0.3) is 10.9 Å². The van der Waals surface area contributed by atoms with Crippen molar-refractivity contribution in [2.45, 2.75) is 32.3 Å². The highest BCUT2D eigenvalue weighted by atomic mass is 35.5. The Morgan fingerprint density at radius 3 is 2.76 bits per heavy atom. The Bertz CT molecular complexity index is 1330. The molecule has 4 aromatic rings. The molecule has 1 aliphatic rings. The number of H-pyrrole nitrogens is 1. The van der Waals surface area contributed by atoms with Gasteiger partial charge in [-0.05, 0) is 78.8 Å². The molecule has 1 heterocycles. The fourth-order valence-corrected chi connectivity index (χ4v) is 4.47. The first-order chi connectivity index (χ1) is 16.2. The van der Waals surface area contributed by atoms with Crippen molar-refractivity contribution in [3.8, 4) is 5.75 Å². The predicted molar refractivity (Wildman–Crippen MR) is 132 cm³/mol. The van der Waals surface area contributed by atoms with Crippen molar-refractivity contribution in [3.63, 3.8) is 0 Å². The van der Waals surface area contributed by atoms with Crippen LogP contribution >= 0.6 is 11.6 Å². The molecule has 0 unspecified atom stereocenters. The fraction of sp³-hybridized carbons (Fsp3) is 0.185. The number of nitrogens with one attached hydrogen (secondary N) is 2. The highest BCUT2D eigenvalue weighted by molar-refractivity contribution is 6.32. The van der Waals surface area contributed by atoms with Crippen molar-refractivity contribution in [3.05, 3.63) is 99.7 Å². The SMILES string of the molecule is O=C(N/N=C\c1ccc(OCc2ccccc2)c(Cl)c1)c1ccc2[nH]c3c(c2c1)CCCC3. The molecule has 5 rings (SSSR count). The third kappa shape index (κ3) is 4.78. The number of halogens is 1. The van der Waals surface area contributed by atoms with Crippen LogP contribution in [-0.2, 0) is 19.4 Å². The molecule has 5 nitrogen and oxygen atoms in total. The zero-order chi connectivity index (χ0) is 22.6. The van der Waals surface area contributed by atoms with Gasteiger partial charge in [-0.25, -0.2) is 5.43 Å². The number of amides is 1. The minimum Gasteiger partial charge on any atom is -0.487 e. The van der Waals surface area contributed by atoms with Gasteiger partial charge < -0.3 is 9.72 Å². The number of ether oxygens (including phenoxy) is 1. The zero-order valence-electron chi connectivity index (χ0n) is 18.1. The lowest BCUT2D eigenvalue weighted by Gasteiger charge is -2.10. The van der Waals surface area contributed by atoms with Crippen LogP contribution in [0.3, 0.4) is 0 Å². The van der Waals surface area contributed by atoms with Gasteiger partial charge in [0.2, 0.25) is 0 Å². The molecular weight excluding hydrogens is 434 g/mol. The number of aromatic amines is 1. The molecule has 2 N–H and O–H groups in total. The van der Waals surface area contributed by atoms with E-state index in [1.54, 1.807) is 18.3 Å². The first kappa shape index (κ1) is 21.3. The van der Waals surface area contributed by atoms with Crippen molar-refractivity contribution >= 4 is 34.6 Å². The molecular formula is C27H24ClN3O2. The summed E-state index contributed by atoms with van der Waals surface area (Å²) in [6, 6.07) is 21.1. The Morgan fingerprint density at radius 1 is 1.06 bits per heavy atom. The maximum atomic E-state index is 12.6. The normalized spacial score (nSPS) is 13.2.